The Morgan fingerprint density at radius 3 is 2.66 bits per heavy atom. The number of nitrogens with zero attached hydrogens (tertiary/aromatic N) is 2. The molecular formula is C21H25N3O3S2. The van der Waals surface area contributed by atoms with Crippen LogP contribution in [0.4, 0.5) is 10.7 Å². The van der Waals surface area contributed by atoms with Crippen LogP contribution in [0.2, 0.25) is 0 Å². The largest absolute Gasteiger partial charge is 0.465 e. The van der Waals surface area contributed by atoms with Gasteiger partial charge in [-0.1, -0.05) is 17.7 Å². The van der Waals surface area contributed by atoms with Crippen molar-refractivity contribution in [2.75, 3.05) is 38.0 Å². The van der Waals surface area contributed by atoms with Gasteiger partial charge in [-0.3, -0.25) is 4.79 Å². The predicted octanol–water partition coefficient (Wildman–Crippen LogP) is 4.00. The molecule has 1 aliphatic rings. The first-order valence-corrected chi connectivity index (χ1v) is 10.6. The van der Waals surface area contributed by atoms with Crippen LogP contribution >= 0.6 is 23.6 Å². The van der Waals surface area contributed by atoms with E-state index in [1.54, 1.807) is 21.0 Å². The Balaban J connectivity index is 1.96. The van der Waals surface area contributed by atoms with Crippen molar-refractivity contribution in [2.24, 2.45) is 0 Å². The van der Waals surface area contributed by atoms with Crippen LogP contribution in [0.15, 0.2) is 18.2 Å². The molecule has 2 aromatic rings. The molecule has 0 aliphatic carbocycles. The molecule has 0 saturated heterocycles. The van der Waals surface area contributed by atoms with Crippen molar-refractivity contribution in [1.29, 1.82) is 0 Å². The van der Waals surface area contributed by atoms with E-state index in [1.807, 2.05) is 0 Å². The van der Waals surface area contributed by atoms with Gasteiger partial charge < -0.3 is 19.9 Å². The van der Waals surface area contributed by atoms with E-state index >= 15 is 0 Å². The molecule has 1 N–H and O–H groups in total. The zero-order valence-electron chi connectivity index (χ0n) is 17.3. The van der Waals surface area contributed by atoms with Gasteiger partial charge in [-0.25, -0.2) is 4.79 Å². The summed E-state index contributed by atoms with van der Waals surface area (Å²) in [6.45, 7) is 4.63. The highest BCUT2D eigenvalue weighted by atomic mass is 32.1. The highest BCUT2D eigenvalue weighted by molar-refractivity contribution is 7.80. The maximum absolute atomic E-state index is 12.5. The Morgan fingerprint density at radius 2 is 2.00 bits per heavy atom. The smallest absolute Gasteiger partial charge is 0.341 e. The molecule has 1 aromatic heterocycles. The number of thiophene rings is 1. The van der Waals surface area contributed by atoms with Crippen LogP contribution in [-0.4, -0.2) is 49.6 Å². The molecule has 0 unspecified atom stereocenters. The van der Waals surface area contributed by atoms with E-state index in [0.29, 0.717) is 26.1 Å². The van der Waals surface area contributed by atoms with Gasteiger partial charge in [-0.05, 0) is 56.1 Å². The highest BCUT2D eigenvalue weighted by Crippen LogP contribution is 2.35. The van der Waals surface area contributed by atoms with Crippen molar-refractivity contribution in [3.05, 3.63) is 45.3 Å². The van der Waals surface area contributed by atoms with Crippen LogP contribution in [0.1, 0.15) is 43.1 Å². The third kappa shape index (κ3) is 4.13. The number of nitrogens with one attached hydrogen (secondary N) is 1. The molecule has 0 saturated carbocycles. The number of carbonyl (C=O) groups excluding carboxylic acids is 2. The minimum Gasteiger partial charge on any atom is -0.465 e. The number of rotatable bonds is 3. The molecule has 2 heterocycles. The second kappa shape index (κ2) is 8.51. The number of ether oxygens (including phenoxy) is 1. The number of aryl methyl sites for hydroxylation is 2. The third-order valence-electron chi connectivity index (χ3n) is 4.96. The van der Waals surface area contributed by atoms with Crippen LogP contribution in [0.25, 0.3) is 0 Å². The van der Waals surface area contributed by atoms with E-state index in [0.717, 1.165) is 25.1 Å². The standard InChI is InChI=1S/C21H25N3O3S2/c1-12-8-9-15-14(11-12)7-6-10-24(15)21(28)22-18-16(20(26)27-5)13(2)17(29-18)19(25)23(3)4/h8-9,11H,6-7,10H2,1-5H3,(H,22,28). The quantitative estimate of drug-likeness (QED) is 0.585. The number of anilines is 2. The van der Waals surface area contributed by atoms with E-state index in [4.69, 9.17) is 17.0 Å². The maximum atomic E-state index is 12.5. The van der Waals surface area contributed by atoms with Gasteiger partial charge in [-0.15, -0.1) is 11.3 Å². The Bertz CT molecular complexity index is 982. The lowest BCUT2D eigenvalue weighted by Gasteiger charge is -2.32. The molecule has 8 heteroatoms. The molecule has 0 radical (unpaired) electrons. The van der Waals surface area contributed by atoms with Gasteiger partial charge in [0.05, 0.1) is 17.6 Å². The van der Waals surface area contributed by atoms with Crippen molar-refractivity contribution in [3.8, 4) is 0 Å². The number of benzene rings is 1. The van der Waals surface area contributed by atoms with Gasteiger partial charge in [0.15, 0.2) is 5.11 Å². The molecule has 1 aromatic carbocycles. The monoisotopic (exact) mass is 431 g/mol. The summed E-state index contributed by atoms with van der Waals surface area (Å²) in [5, 5.41) is 4.25. The first kappa shape index (κ1) is 21.3. The molecule has 0 atom stereocenters. The van der Waals surface area contributed by atoms with Crippen LogP contribution < -0.4 is 10.2 Å². The zero-order valence-corrected chi connectivity index (χ0v) is 18.9. The van der Waals surface area contributed by atoms with Crippen LogP contribution in [0.5, 0.6) is 0 Å². The average Bonchev–Trinajstić information content (AvgIpc) is 3.01. The minimum absolute atomic E-state index is 0.157. The van der Waals surface area contributed by atoms with Crippen molar-refractivity contribution >= 4 is 51.2 Å². The summed E-state index contributed by atoms with van der Waals surface area (Å²) in [5.74, 6) is -0.646. The van der Waals surface area contributed by atoms with Gasteiger partial charge in [0, 0.05) is 26.3 Å². The normalized spacial score (nSPS) is 12.9. The number of thiocarbonyl (C=S) groups is 1. The Kier molecular flexibility index (Phi) is 6.24. The predicted molar refractivity (Wildman–Crippen MR) is 121 cm³/mol. The first-order chi connectivity index (χ1) is 13.7. The Morgan fingerprint density at radius 1 is 1.28 bits per heavy atom. The van der Waals surface area contributed by atoms with E-state index in [2.05, 4.69) is 35.3 Å². The summed E-state index contributed by atoms with van der Waals surface area (Å²) in [4.78, 5) is 29.0. The van der Waals surface area contributed by atoms with Gasteiger partial charge >= 0.3 is 5.97 Å². The van der Waals surface area contributed by atoms with E-state index in [1.165, 1.54) is 34.5 Å². The van der Waals surface area contributed by atoms with Crippen molar-refractivity contribution in [2.45, 2.75) is 26.7 Å². The summed E-state index contributed by atoms with van der Waals surface area (Å²) in [7, 11) is 4.70. The van der Waals surface area contributed by atoms with Crippen LogP contribution in [0, 0.1) is 13.8 Å². The number of methoxy groups -OCH3 is 1. The summed E-state index contributed by atoms with van der Waals surface area (Å²) in [5.41, 5.74) is 4.51. The van der Waals surface area contributed by atoms with E-state index in [-0.39, 0.29) is 5.91 Å². The first-order valence-electron chi connectivity index (χ1n) is 9.36. The number of carbonyl (C=O) groups is 2. The number of amides is 1. The lowest BCUT2D eigenvalue weighted by Crippen LogP contribution is -2.38. The highest BCUT2D eigenvalue weighted by Gasteiger charge is 2.28. The lowest BCUT2D eigenvalue weighted by molar-refractivity contribution is 0.0601. The van der Waals surface area contributed by atoms with Crippen molar-refractivity contribution < 1.29 is 14.3 Å². The summed E-state index contributed by atoms with van der Waals surface area (Å²) in [6, 6.07) is 6.34. The Labute approximate surface area is 180 Å². The van der Waals surface area contributed by atoms with Crippen LogP contribution in [0.3, 0.4) is 0 Å². The summed E-state index contributed by atoms with van der Waals surface area (Å²) < 4.78 is 4.95. The summed E-state index contributed by atoms with van der Waals surface area (Å²) in [6.07, 6.45) is 2.01. The molecule has 1 aliphatic heterocycles. The molecule has 0 bridgehead atoms. The SMILES string of the molecule is COC(=O)c1c(NC(=S)N2CCCc3cc(C)ccc32)sc(C(=O)N(C)C)c1C. The fraction of sp³-hybridized carbons (Fsp3) is 0.381. The second-order valence-corrected chi connectivity index (χ2v) is 8.68. The number of fused-ring (bicyclic) bond motifs is 1. The zero-order chi connectivity index (χ0) is 21.3. The van der Waals surface area contributed by atoms with Gasteiger partial charge in [0.25, 0.3) is 5.91 Å². The molecule has 29 heavy (non-hydrogen) atoms. The van der Waals surface area contributed by atoms with Gasteiger partial charge in [0.2, 0.25) is 0 Å². The number of hydrogen-bond donors (Lipinski definition) is 1. The fourth-order valence-electron chi connectivity index (χ4n) is 3.46. The number of hydrogen-bond acceptors (Lipinski definition) is 5. The third-order valence-corrected chi connectivity index (χ3v) is 6.47. The minimum atomic E-state index is -0.489. The van der Waals surface area contributed by atoms with E-state index < -0.39 is 5.97 Å². The lowest BCUT2D eigenvalue weighted by atomic mass is 10.00. The average molecular weight is 432 g/mol. The molecule has 154 valence electrons. The molecule has 0 spiro atoms. The Hall–Kier alpha value is -2.45. The summed E-state index contributed by atoms with van der Waals surface area (Å²) >= 11 is 6.92. The topological polar surface area (TPSA) is 61.9 Å². The van der Waals surface area contributed by atoms with Crippen molar-refractivity contribution in [1.82, 2.24) is 4.90 Å². The molecule has 0 fully saturated rings. The van der Waals surface area contributed by atoms with Crippen LogP contribution in [-0.2, 0) is 11.2 Å². The number of esters is 1. The molecule has 1 amide bonds. The van der Waals surface area contributed by atoms with Gasteiger partial charge in [0.1, 0.15) is 5.00 Å². The van der Waals surface area contributed by atoms with Gasteiger partial charge in [-0.2, -0.15) is 0 Å². The molecule has 6 nitrogen and oxygen atoms in total. The second-order valence-electron chi connectivity index (χ2n) is 7.27. The van der Waals surface area contributed by atoms with E-state index in [9.17, 15) is 9.59 Å². The maximum Gasteiger partial charge on any atom is 0.341 e. The fourth-order valence-corrected chi connectivity index (χ4v) is 5.03. The molecular weight excluding hydrogens is 406 g/mol. The molecule has 3 rings (SSSR count). The van der Waals surface area contributed by atoms with Crippen molar-refractivity contribution in [3.63, 3.8) is 0 Å².